The van der Waals surface area contributed by atoms with Crippen molar-refractivity contribution in [3.8, 4) is 0 Å². The molecule has 0 heterocycles. The number of likely N-dealkylation sites (N-methyl/N-ethyl adjacent to an activating group) is 1. The van der Waals surface area contributed by atoms with Gasteiger partial charge in [-0.25, -0.2) is 0 Å². The van der Waals surface area contributed by atoms with E-state index in [0.717, 1.165) is 51.4 Å². The predicted molar refractivity (Wildman–Crippen MR) is 176 cm³/mol. The lowest BCUT2D eigenvalue weighted by atomic mass is 10.1. The molecule has 44 heavy (non-hydrogen) atoms. The van der Waals surface area contributed by atoms with Crippen molar-refractivity contribution in [3.05, 3.63) is 24.3 Å². The van der Waals surface area contributed by atoms with Crippen LogP contribution in [-0.2, 0) is 28.6 Å². The van der Waals surface area contributed by atoms with Crippen molar-refractivity contribution in [2.24, 2.45) is 0 Å². The molecule has 0 rings (SSSR count). The van der Waals surface area contributed by atoms with Crippen LogP contribution in [0.3, 0.4) is 0 Å². The van der Waals surface area contributed by atoms with Crippen molar-refractivity contribution < 1.29 is 38.2 Å². The van der Waals surface area contributed by atoms with Crippen molar-refractivity contribution in [2.45, 2.75) is 148 Å². The van der Waals surface area contributed by atoms with Crippen LogP contribution in [0.2, 0.25) is 0 Å². The standard InChI is InChI=1S/C36H65NO7/c1-6-8-10-12-14-16-17-19-20-22-24-26-34(38)43-31-32(30-42-29-28-33(36(40)41)37(3,4)5)44-35(39)27-25-23-21-18-15-13-11-9-7-2/h12,14,16-17,32-33H,6-11,13,15,18-31H2,1-5H3/b14-12+,17-16+. The van der Waals surface area contributed by atoms with E-state index in [1.165, 1.54) is 51.4 Å². The zero-order valence-corrected chi connectivity index (χ0v) is 28.8. The number of quaternary nitrogens is 1. The summed E-state index contributed by atoms with van der Waals surface area (Å²) in [7, 11) is 5.38. The molecule has 0 saturated carbocycles. The van der Waals surface area contributed by atoms with Crippen LogP contribution in [0.5, 0.6) is 0 Å². The van der Waals surface area contributed by atoms with Crippen LogP contribution in [0, 0.1) is 0 Å². The number of aliphatic carboxylic acids is 1. The average molecular weight is 624 g/mol. The summed E-state index contributed by atoms with van der Waals surface area (Å²) < 4.78 is 17.0. The maximum Gasteiger partial charge on any atom is 0.306 e. The van der Waals surface area contributed by atoms with Crippen molar-refractivity contribution >= 4 is 17.9 Å². The fraction of sp³-hybridized carbons (Fsp3) is 0.806. The number of hydrogen-bond acceptors (Lipinski definition) is 7. The number of carbonyl (C=O) groups excluding carboxylic acids is 3. The molecule has 0 aromatic carbocycles. The fourth-order valence-corrected chi connectivity index (χ4v) is 4.81. The van der Waals surface area contributed by atoms with Crippen LogP contribution < -0.4 is 5.11 Å². The zero-order valence-electron chi connectivity index (χ0n) is 28.8. The van der Waals surface area contributed by atoms with Crippen LogP contribution in [-0.4, -0.2) is 75.5 Å². The van der Waals surface area contributed by atoms with Gasteiger partial charge >= 0.3 is 11.9 Å². The van der Waals surface area contributed by atoms with Gasteiger partial charge in [0.2, 0.25) is 0 Å². The lowest BCUT2D eigenvalue weighted by molar-refractivity contribution is -0.889. The smallest absolute Gasteiger partial charge is 0.306 e. The number of allylic oxidation sites excluding steroid dienone is 4. The quantitative estimate of drug-likeness (QED) is 0.0373. The number of esters is 2. The van der Waals surface area contributed by atoms with Crippen LogP contribution in [0.25, 0.3) is 0 Å². The number of carboxylic acids is 1. The number of hydrogen-bond donors (Lipinski definition) is 0. The van der Waals surface area contributed by atoms with Crippen molar-refractivity contribution in [1.29, 1.82) is 0 Å². The van der Waals surface area contributed by atoms with Gasteiger partial charge in [0.15, 0.2) is 6.10 Å². The first-order valence-corrected chi connectivity index (χ1v) is 17.4. The summed E-state index contributed by atoms with van der Waals surface area (Å²) in [5, 5.41) is 11.5. The maximum absolute atomic E-state index is 12.5. The van der Waals surface area contributed by atoms with E-state index in [0.29, 0.717) is 12.8 Å². The molecule has 0 fully saturated rings. The Morgan fingerprint density at radius 2 is 1.20 bits per heavy atom. The van der Waals surface area contributed by atoms with Gasteiger partial charge in [-0.05, 0) is 32.1 Å². The summed E-state index contributed by atoms with van der Waals surface area (Å²) in [5.74, 6) is -1.78. The van der Waals surface area contributed by atoms with Crippen molar-refractivity contribution in [3.63, 3.8) is 0 Å². The highest BCUT2D eigenvalue weighted by Crippen LogP contribution is 2.12. The molecule has 0 aliphatic heterocycles. The minimum absolute atomic E-state index is 0.0346. The Hall–Kier alpha value is -2.19. The van der Waals surface area contributed by atoms with Gasteiger partial charge < -0.3 is 28.6 Å². The molecule has 0 aromatic rings. The Labute approximate surface area is 269 Å². The molecule has 0 N–H and O–H groups in total. The predicted octanol–water partition coefficient (Wildman–Crippen LogP) is 6.85. The van der Waals surface area contributed by atoms with Crippen LogP contribution in [0.4, 0.5) is 0 Å². The Morgan fingerprint density at radius 1 is 0.682 bits per heavy atom. The van der Waals surface area contributed by atoms with Gasteiger partial charge in [-0.15, -0.1) is 0 Å². The Bertz CT molecular complexity index is 788. The zero-order chi connectivity index (χ0) is 32.9. The van der Waals surface area contributed by atoms with Crippen LogP contribution in [0.15, 0.2) is 24.3 Å². The van der Waals surface area contributed by atoms with Gasteiger partial charge in [-0.2, -0.15) is 0 Å². The second-order valence-electron chi connectivity index (χ2n) is 12.8. The molecule has 2 unspecified atom stereocenters. The molecule has 8 heteroatoms. The minimum atomic E-state index is -1.13. The van der Waals surface area contributed by atoms with E-state index in [1.54, 1.807) is 21.1 Å². The first-order chi connectivity index (χ1) is 21.1. The molecule has 0 aromatic heterocycles. The van der Waals surface area contributed by atoms with Crippen molar-refractivity contribution in [1.82, 2.24) is 0 Å². The monoisotopic (exact) mass is 623 g/mol. The molecule has 2 atom stereocenters. The number of ether oxygens (including phenoxy) is 3. The molecule has 8 nitrogen and oxygen atoms in total. The first kappa shape index (κ1) is 41.8. The van der Waals surface area contributed by atoms with Crippen molar-refractivity contribution in [2.75, 3.05) is 41.0 Å². The number of rotatable bonds is 30. The highest BCUT2D eigenvalue weighted by Gasteiger charge is 2.25. The molecule has 256 valence electrons. The molecular weight excluding hydrogens is 558 g/mol. The highest BCUT2D eigenvalue weighted by molar-refractivity contribution is 5.70. The SMILES string of the molecule is CCCC/C=C/C=C/CCCCCC(=O)OCC(COCCC(C(=O)[O-])[N+](C)(C)C)OC(=O)CCCCCCCCCCC. The van der Waals surface area contributed by atoms with E-state index in [-0.39, 0.29) is 42.7 Å². The molecular formula is C36H65NO7. The average Bonchev–Trinajstić information content (AvgIpc) is 2.96. The summed E-state index contributed by atoms with van der Waals surface area (Å²) in [5.41, 5.74) is 0. The van der Waals surface area contributed by atoms with E-state index in [4.69, 9.17) is 14.2 Å². The summed E-state index contributed by atoms with van der Waals surface area (Å²) in [6.45, 7) is 4.53. The van der Waals surface area contributed by atoms with Gasteiger partial charge in [0.1, 0.15) is 12.6 Å². The van der Waals surface area contributed by atoms with Gasteiger partial charge in [-0.3, -0.25) is 9.59 Å². The Kier molecular flexibility index (Phi) is 26.9. The molecule has 0 spiro atoms. The number of carboxylic acid groups (broad SMARTS) is 1. The van der Waals surface area contributed by atoms with Gasteiger partial charge in [-0.1, -0.05) is 109 Å². The topological polar surface area (TPSA) is 102 Å². The lowest BCUT2D eigenvalue weighted by Gasteiger charge is -2.34. The van der Waals surface area contributed by atoms with Crippen LogP contribution >= 0.6 is 0 Å². The summed E-state index contributed by atoms with van der Waals surface area (Å²) in [6.07, 6.45) is 26.4. The molecule has 0 aliphatic rings. The fourth-order valence-electron chi connectivity index (χ4n) is 4.81. The number of nitrogens with zero attached hydrogens (tertiary/aromatic N) is 1. The third-order valence-electron chi connectivity index (χ3n) is 7.62. The Morgan fingerprint density at radius 3 is 1.77 bits per heavy atom. The first-order valence-electron chi connectivity index (χ1n) is 17.4. The van der Waals surface area contributed by atoms with Gasteiger partial charge in [0.05, 0.1) is 40.3 Å². The second-order valence-corrected chi connectivity index (χ2v) is 12.8. The third-order valence-corrected chi connectivity index (χ3v) is 7.62. The Balaban J connectivity index is 4.52. The highest BCUT2D eigenvalue weighted by atomic mass is 16.6. The van der Waals surface area contributed by atoms with E-state index in [9.17, 15) is 19.5 Å². The molecule has 0 bridgehead atoms. The van der Waals surface area contributed by atoms with E-state index >= 15 is 0 Å². The third kappa shape index (κ3) is 26.2. The van der Waals surface area contributed by atoms with E-state index in [1.807, 2.05) is 0 Å². The number of carbonyl (C=O) groups is 3. The minimum Gasteiger partial charge on any atom is -0.544 e. The molecule has 0 saturated heterocycles. The van der Waals surface area contributed by atoms with Gasteiger partial charge in [0.25, 0.3) is 0 Å². The summed E-state index contributed by atoms with van der Waals surface area (Å²) in [6, 6.07) is -0.724. The summed E-state index contributed by atoms with van der Waals surface area (Å²) >= 11 is 0. The lowest BCUT2D eigenvalue weighted by Crippen LogP contribution is -2.55. The van der Waals surface area contributed by atoms with E-state index in [2.05, 4.69) is 38.2 Å². The summed E-state index contributed by atoms with van der Waals surface area (Å²) in [4.78, 5) is 36.4. The van der Waals surface area contributed by atoms with Gasteiger partial charge in [0, 0.05) is 19.3 Å². The molecule has 0 amide bonds. The largest absolute Gasteiger partial charge is 0.544 e. The molecule has 0 aliphatic carbocycles. The number of unbranched alkanes of at least 4 members (excludes halogenated alkanes) is 13. The maximum atomic E-state index is 12.5. The van der Waals surface area contributed by atoms with Crippen LogP contribution in [0.1, 0.15) is 136 Å². The normalized spacial score (nSPS) is 13.4. The second kappa shape index (κ2) is 28.3. The molecule has 0 radical (unpaired) electrons. The van der Waals surface area contributed by atoms with E-state index < -0.39 is 18.1 Å².